The van der Waals surface area contributed by atoms with E-state index in [2.05, 4.69) is 15.2 Å². The molecule has 1 aliphatic rings. The van der Waals surface area contributed by atoms with Crippen LogP contribution in [-0.2, 0) is 11.2 Å². The van der Waals surface area contributed by atoms with Gasteiger partial charge in [0.2, 0.25) is 5.91 Å². The molecule has 0 saturated carbocycles. The number of ether oxygens (including phenoxy) is 3. The van der Waals surface area contributed by atoms with Crippen molar-refractivity contribution in [3.63, 3.8) is 0 Å². The largest absolute Gasteiger partial charge is 0.496 e. The molecule has 7 nitrogen and oxygen atoms in total. The van der Waals surface area contributed by atoms with Gasteiger partial charge in [-0.05, 0) is 19.3 Å². The summed E-state index contributed by atoms with van der Waals surface area (Å²) in [5.41, 5.74) is 0.867. The maximum absolute atomic E-state index is 12.4. The lowest BCUT2D eigenvalue weighted by atomic mass is 10.1. The topological polar surface area (TPSA) is 72.9 Å². The zero-order valence-corrected chi connectivity index (χ0v) is 17.4. The van der Waals surface area contributed by atoms with Crippen molar-refractivity contribution in [1.29, 1.82) is 0 Å². The summed E-state index contributed by atoms with van der Waals surface area (Å²) in [5, 5.41) is 6.09. The Kier molecular flexibility index (Phi) is 6.97. The standard InChI is InChI=1S/C20H27N3O4S/c1-25-15-11-17(26-2)16(18(12-15)27-3)6-7-19(24)22-13-14-5-4-9-23(14)20-21-8-10-28-20/h8,10-12,14H,4-7,9,13H2,1-3H3,(H,22,24). The summed E-state index contributed by atoms with van der Waals surface area (Å²) >= 11 is 1.64. The van der Waals surface area contributed by atoms with Crippen LogP contribution in [0.3, 0.4) is 0 Å². The summed E-state index contributed by atoms with van der Waals surface area (Å²) in [6.07, 6.45) is 4.91. The Morgan fingerprint density at radius 3 is 2.61 bits per heavy atom. The molecule has 1 atom stereocenters. The Bertz CT molecular complexity index is 757. The smallest absolute Gasteiger partial charge is 0.220 e. The lowest BCUT2D eigenvalue weighted by Crippen LogP contribution is -2.40. The predicted molar refractivity (Wildman–Crippen MR) is 110 cm³/mol. The van der Waals surface area contributed by atoms with Crippen LogP contribution in [-0.4, -0.2) is 51.4 Å². The van der Waals surface area contributed by atoms with Crippen LogP contribution < -0.4 is 24.4 Å². The first-order valence-electron chi connectivity index (χ1n) is 9.38. The molecule has 152 valence electrons. The second kappa shape index (κ2) is 9.64. The summed E-state index contributed by atoms with van der Waals surface area (Å²) in [6.45, 7) is 1.63. The van der Waals surface area contributed by atoms with E-state index >= 15 is 0 Å². The highest BCUT2D eigenvalue weighted by Gasteiger charge is 2.26. The van der Waals surface area contributed by atoms with Gasteiger partial charge in [0.05, 0.1) is 21.3 Å². The number of benzene rings is 1. The average Bonchev–Trinajstić information content (AvgIpc) is 3.41. The minimum Gasteiger partial charge on any atom is -0.496 e. The van der Waals surface area contributed by atoms with Gasteiger partial charge in [-0.3, -0.25) is 4.79 Å². The molecule has 1 aliphatic heterocycles. The van der Waals surface area contributed by atoms with Crippen molar-refractivity contribution in [1.82, 2.24) is 10.3 Å². The fraction of sp³-hybridized carbons (Fsp3) is 0.500. The monoisotopic (exact) mass is 405 g/mol. The molecule has 0 aliphatic carbocycles. The van der Waals surface area contributed by atoms with Crippen molar-refractivity contribution in [3.05, 3.63) is 29.3 Å². The first-order chi connectivity index (χ1) is 13.7. The SMILES string of the molecule is COc1cc(OC)c(CCC(=O)NCC2CCCN2c2nccs2)c(OC)c1. The Morgan fingerprint density at radius 2 is 2.00 bits per heavy atom. The quantitative estimate of drug-likeness (QED) is 0.692. The lowest BCUT2D eigenvalue weighted by molar-refractivity contribution is -0.121. The van der Waals surface area contributed by atoms with E-state index in [1.165, 1.54) is 0 Å². The maximum atomic E-state index is 12.4. The minimum absolute atomic E-state index is 0.0194. The number of amides is 1. The van der Waals surface area contributed by atoms with Crippen LogP contribution >= 0.6 is 11.3 Å². The molecule has 1 unspecified atom stereocenters. The zero-order chi connectivity index (χ0) is 19.9. The van der Waals surface area contributed by atoms with E-state index in [0.29, 0.717) is 42.7 Å². The number of thiazole rings is 1. The van der Waals surface area contributed by atoms with Crippen molar-refractivity contribution in [2.75, 3.05) is 39.3 Å². The third kappa shape index (κ3) is 4.67. The summed E-state index contributed by atoms with van der Waals surface area (Å²) in [4.78, 5) is 19.1. The summed E-state index contributed by atoms with van der Waals surface area (Å²) in [6, 6.07) is 3.92. The highest BCUT2D eigenvalue weighted by atomic mass is 32.1. The van der Waals surface area contributed by atoms with Crippen LogP contribution in [0.2, 0.25) is 0 Å². The molecular formula is C20H27N3O4S. The van der Waals surface area contributed by atoms with Gasteiger partial charge < -0.3 is 24.4 Å². The van der Waals surface area contributed by atoms with Crippen molar-refractivity contribution < 1.29 is 19.0 Å². The molecule has 1 aromatic carbocycles. The van der Waals surface area contributed by atoms with Gasteiger partial charge in [-0.2, -0.15) is 0 Å². The normalized spacial score (nSPS) is 16.1. The number of rotatable bonds is 9. The number of nitrogens with one attached hydrogen (secondary N) is 1. The highest BCUT2D eigenvalue weighted by molar-refractivity contribution is 7.13. The number of hydrogen-bond donors (Lipinski definition) is 1. The molecule has 1 fully saturated rings. The number of carbonyl (C=O) groups is 1. The van der Waals surface area contributed by atoms with Crippen molar-refractivity contribution in [2.45, 2.75) is 31.7 Å². The van der Waals surface area contributed by atoms with Crippen LogP contribution in [0.1, 0.15) is 24.8 Å². The molecule has 28 heavy (non-hydrogen) atoms. The molecule has 1 aromatic heterocycles. The number of nitrogens with zero attached hydrogens (tertiary/aromatic N) is 2. The van der Waals surface area contributed by atoms with E-state index in [0.717, 1.165) is 30.1 Å². The summed E-state index contributed by atoms with van der Waals surface area (Å²) in [5.74, 6) is 2.00. The molecule has 1 amide bonds. The van der Waals surface area contributed by atoms with Gasteiger partial charge in [0, 0.05) is 54.8 Å². The molecule has 2 heterocycles. The van der Waals surface area contributed by atoms with Gasteiger partial charge in [-0.25, -0.2) is 4.98 Å². The molecule has 0 spiro atoms. The molecule has 1 N–H and O–H groups in total. The van der Waals surface area contributed by atoms with Crippen LogP contribution in [0, 0.1) is 0 Å². The van der Waals surface area contributed by atoms with E-state index in [1.807, 2.05) is 11.6 Å². The number of carbonyl (C=O) groups excluding carboxylic acids is 1. The fourth-order valence-corrected chi connectivity index (χ4v) is 4.28. The van der Waals surface area contributed by atoms with Gasteiger partial charge in [0.1, 0.15) is 17.2 Å². The molecular weight excluding hydrogens is 378 g/mol. The molecule has 0 bridgehead atoms. The Morgan fingerprint density at radius 1 is 1.25 bits per heavy atom. The third-order valence-corrected chi connectivity index (χ3v) is 5.80. The Hall–Kier alpha value is -2.48. The molecule has 0 radical (unpaired) electrons. The minimum atomic E-state index is 0.0194. The number of methoxy groups -OCH3 is 3. The third-order valence-electron chi connectivity index (χ3n) is 5.00. The van der Waals surface area contributed by atoms with Crippen LogP contribution in [0.15, 0.2) is 23.7 Å². The van der Waals surface area contributed by atoms with Crippen LogP contribution in [0.4, 0.5) is 5.13 Å². The van der Waals surface area contributed by atoms with Crippen LogP contribution in [0.25, 0.3) is 0 Å². The van der Waals surface area contributed by atoms with E-state index in [-0.39, 0.29) is 5.91 Å². The second-order valence-corrected chi connectivity index (χ2v) is 7.49. The second-order valence-electron chi connectivity index (χ2n) is 6.62. The summed E-state index contributed by atoms with van der Waals surface area (Å²) < 4.78 is 16.2. The van der Waals surface area contributed by atoms with Crippen LogP contribution in [0.5, 0.6) is 17.2 Å². The van der Waals surface area contributed by atoms with Gasteiger partial charge in [-0.1, -0.05) is 0 Å². The molecule has 8 heteroatoms. The first-order valence-corrected chi connectivity index (χ1v) is 10.3. The van der Waals surface area contributed by atoms with Gasteiger partial charge in [-0.15, -0.1) is 11.3 Å². The molecule has 1 saturated heterocycles. The van der Waals surface area contributed by atoms with E-state index < -0.39 is 0 Å². The lowest BCUT2D eigenvalue weighted by Gasteiger charge is -2.24. The van der Waals surface area contributed by atoms with Crippen molar-refractivity contribution in [2.24, 2.45) is 0 Å². The predicted octanol–water partition coefficient (Wildman–Crippen LogP) is 2.89. The first kappa shape index (κ1) is 20.3. The van der Waals surface area contributed by atoms with E-state index in [1.54, 1.807) is 44.8 Å². The van der Waals surface area contributed by atoms with Gasteiger partial charge >= 0.3 is 0 Å². The van der Waals surface area contributed by atoms with Crippen molar-refractivity contribution in [3.8, 4) is 17.2 Å². The van der Waals surface area contributed by atoms with Gasteiger partial charge in [0.25, 0.3) is 0 Å². The Labute approximate surface area is 169 Å². The average molecular weight is 406 g/mol. The fourth-order valence-electron chi connectivity index (χ4n) is 3.54. The number of aromatic nitrogens is 1. The van der Waals surface area contributed by atoms with Gasteiger partial charge in [0.15, 0.2) is 5.13 Å². The molecule has 2 aromatic rings. The molecule has 3 rings (SSSR count). The highest BCUT2D eigenvalue weighted by Crippen LogP contribution is 2.35. The number of hydrogen-bond acceptors (Lipinski definition) is 7. The maximum Gasteiger partial charge on any atom is 0.220 e. The Balaban J connectivity index is 1.56. The van der Waals surface area contributed by atoms with E-state index in [4.69, 9.17) is 14.2 Å². The van der Waals surface area contributed by atoms with E-state index in [9.17, 15) is 4.79 Å². The summed E-state index contributed by atoms with van der Waals surface area (Å²) in [7, 11) is 4.80. The zero-order valence-electron chi connectivity index (χ0n) is 16.6. The van der Waals surface area contributed by atoms with Crippen molar-refractivity contribution >= 4 is 22.4 Å². The number of anilines is 1.